The van der Waals surface area contributed by atoms with Crippen molar-refractivity contribution in [3.63, 3.8) is 0 Å². The molecule has 0 amide bonds. The molecule has 0 unspecified atom stereocenters. The highest BCUT2D eigenvalue weighted by atomic mass is 79.9. The van der Waals surface area contributed by atoms with Gasteiger partial charge in [0.2, 0.25) is 11.7 Å². The molecule has 0 fully saturated rings. The number of nitrogens with zero attached hydrogens (tertiary/aromatic N) is 3. The molecule has 0 spiro atoms. The van der Waals surface area contributed by atoms with Gasteiger partial charge in [-0.25, -0.2) is 0 Å². The van der Waals surface area contributed by atoms with E-state index in [0.717, 1.165) is 26.7 Å². The zero-order valence-corrected chi connectivity index (χ0v) is 14.4. The van der Waals surface area contributed by atoms with Crippen molar-refractivity contribution in [1.82, 2.24) is 10.1 Å². The normalized spacial score (nSPS) is 10.5. The van der Waals surface area contributed by atoms with Crippen LogP contribution in [0.3, 0.4) is 0 Å². The van der Waals surface area contributed by atoms with E-state index < -0.39 is 0 Å². The quantitative estimate of drug-likeness (QED) is 0.679. The number of aromatic nitrogens is 2. The molecule has 0 saturated heterocycles. The summed E-state index contributed by atoms with van der Waals surface area (Å²) in [5.41, 5.74) is 4.83. The zero-order valence-electron chi connectivity index (χ0n) is 12.8. The van der Waals surface area contributed by atoms with E-state index in [2.05, 4.69) is 32.1 Å². The largest absolute Gasteiger partial charge is 0.339 e. The Balaban J connectivity index is 1.88. The summed E-state index contributed by atoms with van der Waals surface area (Å²) in [6.45, 7) is 3.99. The average molecular weight is 368 g/mol. The van der Waals surface area contributed by atoms with Gasteiger partial charge >= 0.3 is 0 Å². The molecule has 0 aliphatic rings. The van der Waals surface area contributed by atoms with Gasteiger partial charge in [-0.05, 0) is 66.9 Å². The third-order valence-electron chi connectivity index (χ3n) is 3.72. The van der Waals surface area contributed by atoms with Crippen molar-refractivity contribution in [2.75, 3.05) is 0 Å². The molecule has 0 saturated carbocycles. The molecule has 3 rings (SSSR count). The molecule has 114 valence electrons. The average Bonchev–Trinajstić information content (AvgIpc) is 3.00. The first-order chi connectivity index (χ1) is 11.1. The Kier molecular flexibility index (Phi) is 4.26. The Hall–Kier alpha value is -2.45. The van der Waals surface area contributed by atoms with Gasteiger partial charge < -0.3 is 4.52 Å². The lowest BCUT2D eigenvalue weighted by molar-refractivity contribution is 0.385. The fourth-order valence-corrected chi connectivity index (χ4v) is 2.80. The molecule has 2 aromatic carbocycles. The first-order valence-electron chi connectivity index (χ1n) is 7.15. The van der Waals surface area contributed by atoms with Crippen molar-refractivity contribution in [1.29, 1.82) is 5.26 Å². The minimum Gasteiger partial charge on any atom is -0.339 e. The molecular formula is C18H14BrN3O. The first kappa shape index (κ1) is 15.4. The van der Waals surface area contributed by atoms with E-state index in [9.17, 15) is 0 Å². The van der Waals surface area contributed by atoms with Gasteiger partial charge in [0.05, 0.1) is 18.1 Å². The van der Waals surface area contributed by atoms with E-state index in [-0.39, 0.29) is 0 Å². The van der Waals surface area contributed by atoms with Gasteiger partial charge in [0.25, 0.3) is 0 Å². The number of benzene rings is 2. The van der Waals surface area contributed by atoms with E-state index in [0.29, 0.717) is 23.7 Å². The van der Waals surface area contributed by atoms with E-state index >= 15 is 0 Å². The van der Waals surface area contributed by atoms with Crippen molar-refractivity contribution in [3.8, 4) is 17.5 Å². The number of rotatable bonds is 3. The minimum absolute atomic E-state index is 0.562. The van der Waals surface area contributed by atoms with Crippen LogP contribution in [0.25, 0.3) is 11.4 Å². The Morgan fingerprint density at radius 1 is 1.13 bits per heavy atom. The number of hydrogen-bond acceptors (Lipinski definition) is 4. The van der Waals surface area contributed by atoms with Gasteiger partial charge in [0, 0.05) is 10.0 Å². The molecule has 23 heavy (non-hydrogen) atoms. The van der Waals surface area contributed by atoms with Crippen LogP contribution >= 0.6 is 15.9 Å². The highest BCUT2D eigenvalue weighted by molar-refractivity contribution is 9.10. The van der Waals surface area contributed by atoms with Crippen molar-refractivity contribution < 1.29 is 4.52 Å². The van der Waals surface area contributed by atoms with Crippen molar-refractivity contribution in [2.24, 2.45) is 0 Å². The molecular weight excluding hydrogens is 354 g/mol. The number of halogens is 1. The van der Waals surface area contributed by atoms with Crippen LogP contribution in [-0.4, -0.2) is 10.1 Å². The Labute approximate surface area is 142 Å². The molecule has 5 heteroatoms. The van der Waals surface area contributed by atoms with E-state index in [1.54, 1.807) is 0 Å². The number of hydrogen-bond donors (Lipinski definition) is 0. The zero-order chi connectivity index (χ0) is 16.4. The summed E-state index contributed by atoms with van der Waals surface area (Å²) in [5.74, 6) is 1.15. The summed E-state index contributed by atoms with van der Waals surface area (Å²) in [7, 11) is 0. The molecule has 0 bridgehead atoms. The predicted octanol–water partition coefficient (Wildman–Crippen LogP) is 4.58. The maximum atomic E-state index is 9.02. The SMILES string of the molecule is Cc1cc(C#N)cc(C)c1Cc1nc(-c2ccc(Br)cc2)no1. The summed E-state index contributed by atoms with van der Waals surface area (Å²) >= 11 is 3.41. The number of nitriles is 1. The fourth-order valence-electron chi connectivity index (χ4n) is 2.53. The summed E-state index contributed by atoms with van der Waals surface area (Å²) in [6.07, 6.45) is 0.562. The molecule has 0 aliphatic heterocycles. The van der Waals surface area contributed by atoms with E-state index in [1.165, 1.54) is 0 Å². The van der Waals surface area contributed by atoms with Crippen molar-refractivity contribution >= 4 is 15.9 Å². The molecule has 3 aromatic rings. The molecule has 0 aliphatic carbocycles. The topological polar surface area (TPSA) is 62.7 Å². The van der Waals surface area contributed by atoms with Gasteiger partial charge in [0.15, 0.2) is 0 Å². The van der Waals surface area contributed by atoms with Crippen LogP contribution in [0.15, 0.2) is 45.4 Å². The fraction of sp³-hybridized carbons (Fsp3) is 0.167. The van der Waals surface area contributed by atoms with Crippen LogP contribution in [0.4, 0.5) is 0 Å². The number of aryl methyl sites for hydroxylation is 2. The maximum absolute atomic E-state index is 9.02. The van der Waals surface area contributed by atoms with Gasteiger partial charge in [0.1, 0.15) is 0 Å². The van der Waals surface area contributed by atoms with Crippen LogP contribution < -0.4 is 0 Å². The monoisotopic (exact) mass is 367 g/mol. The molecule has 0 radical (unpaired) electrons. The highest BCUT2D eigenvalue weighted by Crippen LogP contribution is 2.22. The molecule has 0 atom stereocenters. The highest BCUT2D eigenvalue weighted by Gasteiger charge is 2.13. The summed E-state index contributed by atoms with van der Waals surface area (Å²) < 4.78 is 6.39. The summed E-state index contributed by atoms with van der Waals surface area (Å²) in [6, 6.07) is 13.7. The third kappa shape index (κ3) is 3.33. The Morgan fingerprint density at radius 2 is 1.78 bits per heavy atom. The Morgan fingerprint density at radius 3 is 2.39 bits per heavy atom. The predicted molar refractivity (Wildman–Crippen MR) is 90.9 cm³/mol. The lowest BCUT2D eigenvalue weighted by Gasteiger charge is -2.07. The molecule has 4 nitrogen and oxygen atoms in total. The van der Waals surface area contributed by atoms with Crippen molar-refractivity contribution in [2.45, 2.75) is 20.3 Å². The van der Waals surface area contributed by atoms with Gasteiger partial charge in [-0.15, -0.1) is 0 Å². The molecule has 0 N–H and O–H groups in total. The second-order valence-electron chi connectivity index (χ2n) is 5.40. The van der Waals surface area contributed by atoms with Crippen molar-refractivity contribution in [3.05, 3.63) is 69.0 Å². The second kappa shape index (κ2) is 6.35. The van der Waals surface area contributed by atoms with Gasteiger partial charge in [-0.3, -0.25) is 0 Å². The van der Waals surface area contributed by atoms with Crippen LogP contribution in [-0.2, 0) is 6.42 Å². The van der Waals surface area contributed by atoms with Crippen LogP contribution in [0.1, 0.15) is 28.1 Å². The standard InChI is InChI=1S/C18H14BrN3O/c1-11-7-13(10-20)8-12(2)16(11)9-17-21-18(22-23-17)14-3-5-15(19)6-4-14/h3-8H,9H2,1-2H3. The minimum atomic E-state index is 0.562. The van der Waals surface area contributed by atoms with E-state index in [4.69, 9.17) is 9.78 Å². The van der Waals surface area contributed by atoms with Crippen LogP contribution in [0.2, 0.25) is 0 Å². The van der Waals surface area contributed by atoms with Crippen LogP contribution in [0.5, 0.6) is 0 Å². The van der Waals surface area contributed by atoms with Gasteiger partial charge in [-0.2, -0.15) is 10.2 Å². The van der Waals surface area contributed by atoms with Gasteiger partial charge in [-0.1, -0.05) is 21.1 Å². The molecule has 1 heterocycles. The maximum Gasteiger partial charge on any atom is 0.231 e. The molecule has 1 aromatic heterocycles. The lowest BCUT2D eigenvalue weighted by atomic mass is 9.97. The Bertz CT molecular complexity index is 868. The first-order valence-corrected chi connectivity index (χ1v) is 7.95. The lowest BCUT2D eigenvalue weighted by Crippen LogP contribution is -1.97. The van der Waals surface area contributed by atoms with Crippen LogP contribution in [0, 0.1) is 25.2 Å². The smallest absolute Gasteiger partial charge is 0.231 e. The summed E-state index contributed by atoms with van der Waals surface area (Å²) in [4.78, 5) is 4.47. The second-order valence-corrected chi connectivity index (χ2v) is 6.31. The summed E-state index contributed by atoms with van der Waals surface area (Å²) in [5, 5.41) is 13.1. The third-order valence-corrected chi connectivity index (χ3v) is 4.25. The van der Waals surface area contributed by atoms with E-state index in [1.807, 2.05) is 50.2 Å².